The predicted molar refractivity (Wildman–Crippen MR) is 68.9 cm³/mol. The molecule has 0 aromatic carbocycles. The van der Waals surface area contributed by atoms with Crippen LogP contribution in [0.2, 0.25) is 0 Å². The van der Waals surface area contributed by atoms with Crippen LogP contribution < -0.4 is 4.90 Å². The number of nitrogens with one attached hydrogen (secondary N) is 1. The van der Waals surface area contributed by atoms with Gasteiger partial charge < -0.3 is 10.0 Å². The fraction of sp³-hybridized carbons (Fsp3) is 0.500. The van der Waals surface area contributed by atoms with Gasteiger partial charge in [-0.1, -0.05) is 0 Å². The quantitative estimate of drug-likeness (QED) is 0.860. The van der Waals surface area contributed by atoms with Crippen molar-refractivity contribution in [3.63, 3.8) is 0 Å². The molecule has 1 saturated heterocycles. The number of anilines is 1. The Labute approximate surface area is 123 Å². The van der Waals surface area contributed by atoms with Crippen LogP contribution in [-0.4, -0.2) is 43.6 Å². The van der Waals surface area contributed by atoms with Crippen LogP contribution in [-0.2, 0) is 11.8 Å². The van der Waals surface area contributed by atoms with Gasteiger partial charge in [-0.3, -0.25) is 0 Å². The van der Waals surface area contributed by atoms with Crippen molar-refractivity contribution in [2.75, 3.05) is 18.0 Å². The van der Waals surface area contributed by atoms with Gasteiger partial charge in [-0.25, -0.2) is 9.97 Å². The summed E-state index contributed by atoms with van der Waals surface area (Å²) in [5, 5.41) is 20.4. The molecule has 1 aliphatic rings. The maximum Gasteiger partial charge on any atom is 0.433 e. The lowest BCUT2D eigenvalue weighted by Crippen LogP contribution is -2.32. The van der Waals surface area contributed by atoms with Gasteiger partial charge in [-0.05, 0) is 13.0 Å². The lowest BCUT2D eigenvalue weighted by molar-refractivity contribution is -0.141. The molecule has 0 bridgehead atoms. The second kappa shape index (κ2) is 4.90. The third kappa shape index (κ3) is 2.61. The highest BCUT2D eigenvalue weighted by atomic mass is 19.4. The summed E-state index contributed by atoms with van der Waals surface area (Å²) in [6, 6.07) is 0.892. The van der Waals surface area contributed by atoms with Crippen LogP contribution in [0.1, 0.15) is 23.5 Å². The smallest absolute Gasteiger partial charge is 0.381 e. The molecule has 0 saturated carbocycles. The number of β-amino-alcohol motifs (C(OH)–C–C–N with tert-alkyl or cyclic N) is 1. The van der Waals surface area contributed by atoms with Crippen molar-refractivity contribution < 1.29 is 18.3 Å². The Morgan fingerprint density at radius 3 is 2.77 bits per heavy atom. The Hall–Kier alpha value is -2.23. The number of aliphatic hydroxyl groups is 1. The third-order valence-electron chi connectivity index (χ3n) is 3.56. The van der Waals surface area contributed by atoms with E-state index >= 15 is 0 Å². The maximum absolute atomic E-state index is 12.8. The topological polar surface area (TPSA) is 90.8 Å². The number of aromatic amines is 1. The van der Waals surface area contributed by atoms with E-state index in [1.807, 2.05) is 0 Å². The predicted octanol–water partition coefficient (Wildman–Crippen LogP) is 1.02. The number of H-pyrrole nitrogens is 1. The second-order valence-electron chi connectivity index (χ2n) is 5.25. The molecular weight excluding hydrogens is 301 g/mol. The third-order valence-corrected chi connectivity index (χ3v) is 3.56. The molecule has 1 fully saturated rings. The van der Waals surface area contributed by atoms with E-state index in [4.69, 9.17) is 0 Å². The Balaban J connectivity index is 1.89. The van der Waals surface area contributed by atoms with Crippen LogP contribution in [0.5, 0.6) is 0 Å². The second-order valence-corrected chi connectivity index (χ2v) is 5.25. The van der Waals surface area contributed by atoms with Crippen molar-refractivity contribution in [1.82, 2.24) is 25.4 Å². The minimum Gasteiger partial charge on any atom is -0.381 e. The largest absolute Gasteiger partial charge is 0.433 e. The Morgan fingerprint density at radius 1 is 1.36 bits per heavy atom. The van der Waals surface area contributed by atoms with Gasteiger partial charge in [-0.15, -0.1) is 0 Å². The summed E-state index contributed by atoms with van der Waals surface area (Å²) in [6.45, 7) is 1.85. The number of aryl methyl sites for hydroxylation is 1. The van der Waals surface area contributed by atoms with Crippen molar-refractivity contribution in [1.29, 1.82) is 0 Å². The molecule has 118 valence electrons. The molecule has 22 heavy (non-hydrogen) atoms. The minimum absolute atomic E-state index is 0.0493. The van der Waals surface area contributed by atoms with Crippen LogP contribution in [0.3, 0.4) is 0 Å². The average Bonchev–Trinajstić information content (AvgIpc) is 3.07. The van der Waals surface area contributed by atoms with Crippen molar-refractivity contribution >= 4 is 5.95 Å². The van der Waals surface area contributed by atoms with E-state index in [0.29, 0.717) is 18.7 Å². The zero-order valence-electron chi connectivity index (χ0n) is 11.6. The lowest BCUT2D eigenvalue weighted by atomic mass is 10.0. The molecule has 2 N–H and O–H groups in total. The molecule has 0 amide bonds. The first-order valence-corrected chi connectivity index (χ1v) is 6.54. The minimum atomic E-state index is -4.54. The first-order valence-electron chi connectivity index (χ1n) is 6.54. The van der Waals surface area contributed by atoms with E-state index < -0.39 is 17.5 Å². The van der Waals surface area contributed by atoms with Crippen molar-refractivity contribution in [2.45, 2.75) is 25.1 Å². The summed E-state index contributed by atoms with van der Waals surface area (Å²) in [7, 11) is 0. The van der Waals surface area contributed by atoms with Crippen LogP contribution in [0.25, 0.3) is 0 Å². The molecule has 1 aliphatic heterocycles. The first-order chi connectivity index (χ1) is 10.3. The number of rotatable bonds is 2. The summed E-state index contributed by atoms with van der Waals surface area (Å²) >= 11 is 0. The maximum atomic E-state index is 12.8. The van der Waals surface area contributed by atoms with Crippen molar-refractivity contribution in [3.05, 3.63) is 29.3 Å². The number of nitrogens with zero attached hydrogens (tertiary/aromatic N) is 5. The molecule has 0 unspecified atom stereocenters. The van der Waals surface area contributed by atoms with Gasteiger partial charge in [0.2, 0.25) is 5.95 Å². The highest BCUT2D eigenvalue weighted by molar-refractivity contribution is 5.37. The number of alkyl halides is 3. The zero-order chi connectivity index (χ0) is 16.0. The van der Waals surface area contributed by atoms with Gasteiger partial charge in [0.15, 0.2) is 0 Å². The molecule has 3 heterocycles. The number of hydrogen-bond donors (Lipinski definition) is 2. The van der Waals surface area contributed by atoms with E-state index in [1.165, 1.54) is 18.0 Å². The summed E-state index contributed by atoms with van der Waals surface area (Å²) in [4.78, 5) is 9.12. The van der Waals surface area contributed by atoms with Gasteiger partial charge >= 0.3 is 6.18 Å². The molecule has 2 aromatic rings. The van der Waals surface area contributed by atoms with Crippen molar-refractivity contribution in [2.24, 2.45) is 0 Å². The average molecular weight is 314 g/mol. The van der Waals surface area contributed by atoms with E-state index in [-0.39, 0.29) is 18.2 Å². The van der Waals surface area contributed by atoms with Gasteiger partial charge in [0.05, 0.1) is 12.7 Å². The van der Waals surface area contributed by atoms with Gasteiger partial charge in [0.1, 0.15) is 17.0 Å². The molecule has 0 aliphatic carbocycles. The fourth-order valence-electron chi connectivity index (χ4n) is 2.44. The Bertz CT molecular complexity index is 674. The molecule has 1 atom stereocenters. The molecule has 10 heteroatoms. The van der Waals surface area contributed by atoms with Crippen LogP contribution in [0, 0.1) is 6.92 Å². The summed E-state index contributed by atoms with van der Waals surface area (Å²) in [5.41, 5.74) is -1.71. The van der Waals surface area contributed by atoms with E-state index in [9.17, 15) is 18.3 Å². The Morgan fingerprint density at radius 2 is 2.14 bits per heavy atom. The molecule has 2 aromatic heterocycles. The standard InChI is InChI=1S/C12H13F3N6O/c1-7-4-8(12(13,14)15)18-10(17-7)21-3-2-11(22,6-21)9-5-16-20-19-9/h4-5,22H,2-3,6H2,1H3,(H,16,19,20)/t11-/m1/s1. The summed E-state index contributed by atoms with van der Waals surface area (Å²) in [6.07, 6.45) is -2.84. The van der Waals surface area contributed by atoms with Gasteiger partial charge in [0, 0.05) is 18.7 Å². The lowest BCUT2D eigenvalue weighted by Gasteiger charge is -2.21. The zero-order valence-corrected chi connectivity index (χ0v) is 11.6. The molecule has 7 nitrogen and oxygen atoms in total. The van der Waals surface area contributed by atoms with Crippen LogP contribution in [0.4, 0.5) is 19.1 Å². The first kappa shape index (κ1) is 14.7. The normalized spacial score (nSPS) is 22.3. The number of aromatic nitrogens is 5. The van der Waals surface area contributed by atoms with Gasteiger partial charge in [0.25, 0.3) is 0 Å². The number of hydrogen-bond acceptors (Lipinski definition) is 6. The van der Waals surface area contributed by atoms with Crippen LogP contribution in [0.15, 0.2) is 12.3 Å². The Kier molecular flexibility index (Phi) is 3.28. The SMILES string of the molecule is Cc1cc(C(F)(F)F)nc(N2CC[C@](O)(c3cn[nH]n3)C2)n1. The monoisotopic (exact) mass is 314 g/mol. The van der Waals surface area contributed by atoms with Crippen LogP contribution >= 0.6 is 0 Å². The summed E-state index contributed by atoms with van der Waals surface area (Å²) in [5.74, 6) is -0.0493. The highest BCUT2D eigenvalue weighted by Crippen LogP contribution is 2.34. The van der Waals surface area contributed by atoms with Crippen molar-refractivity contribution in [3.8, 4) is 0 Å². The molecular formula is C12H13F3N6O. The van der Waals surface area contributed by atoms with Gasteiger partial charge in [-0.2, -0.15) is 28.6 Å². The van der Waals surface area contributed by atoms with E-state index in [2.05, 4.69) is 25.4 Å². The molecule has 0 spiro atoms. The fourth-order valence-corrected chi connectivity index (χ4v) is 2.44. The highest BCUT2D eigenvalue weighted by Gasteiger charge is 2.41. The van der Waals surface area contributed by atoms with E-state index in [1.54, 1.807) is 0 Å². The molecule has 0 radical (unpaired) electrons. The summed E-state index contributed by atoms with van der Waals surface area (Å²) < 4.78 is 38.5. The van der Waals surface area contributed by atoms with E-state index in [0.717, 1.165) is 6.07 Å². The molecule has 3 rings (SSSR count). The number of halogens is 3.